The number of rotatable bonds is 5. The summed E-state index contributed by atoms with van der Waals surface area (Å²) in [6.45, 7) is 5.07. The number of thiocarbonyl (C=S) groups is 1. The number of benzene rings is 1. The predicted octanol–water partition coefficient (Wildman–Crippen LogP) is 2.98. The SMILES string of the molecule is CCOC(=O)N1C(c2ccc(OC)cc2)=NC(C)(C(=S)OC)N1C(=O)OCC. The van der Waals surface area contributed by atoms with Crippen LogP contribution in [0.5, 0.6) is 5.75 Å². The van der Waals surface area contributed by atoms with E-state index >= 15 is 0 Å². The van der Waals surface area contributed by atoms with Crippen LogP contribution in [0.25, 0.3) is 0 Å². The highest BCUT2D eigenvalue weighted by Gasteiger charge is 2.54. The summed E-state index contributed by atoms with van der Waals surface area (Å²) in [5, 5.41) is 1.99. The number of hydrogen-bond donors (Lipinski definition) is 0. The van der Waals surface area contributed by atoms with Gasteiger partial charge in [0.25, 0.3) is 0 Å². The number of ether oxygens (including phenoxy) is 4. The van der Waals surface area contributed by atoms with Crippen molar-refractivity contribution in [1.29, 1.82) is 0 Å². The number of hydrogen-bond acceptors (Lipinski definition) is 8. The molecular weight excluding hydrogens is 386 g/mol. The summed E-state index contributed by atoms with van der Waals surface area (Å²) in [5.74, 6) is 0.790. The van der Waals surface area contributed by atoms with Crippen molar-refractivity contribution >= 4 is 35.3 Å². The number of aliphatic imine (C=N–C) groups is 1. The second kappa shape index (κ2) is 8.87. The Morgan fingerprint density at radius 2 is 1.64 bits per heavy atom. The molecule has 2 amide bonds. The van der Waals surface area contributed by atoms with Crippen molar-refractivity contribution in [3.63, 3.8) is 0 Å². The highest BCUT2D eigenvalue weighted by Crippen LogP contribution is 2.33. The average molecular weight is 409 g/mol. The van der Waals surface area contributed by atoms with Gasteiger partial charge in [-0.3, -0.25) is 0 Å². The first-order valence-electron chi connectivity index (χ1n) is 8.60. The molecule has 9 nitrogen and oxygen atoms in total. The van der Waals surface area contributed by atoms with Gasteiger partial charge in [-0.05, 0) is 57.3 Å². The van der Waals surface area contributed by atoms with Gasteiger partial charge in [0.15, 0.2) is 5.84 Å². The molecule has 28 heavy (non-hydrogen) atoms. The molecule has 0 saturated carbocycles. The number of hydrazine groups is 1. The minimum Gasteiger partial charge on any atom is -0.497 e. The third-order valence-corrected chi connectivity index (χ3v) is 4.49. The number of nitrogens with zero attached hydrogens (tertiary/aromatic N) is 3. The van der Waals surface area contributed by atoms with E-state index in [1.807, 2.05) is 0 Å². The Morgan fingerprint density at radius 3 is 2.14 bits per heavy atom. The first kappa shape index (κ1) is 21.4. The fourth-order valence-corrected chi connectivity index (χ4v) is 2.77. The Balaban J connectivity index is 2.63. The molecule has 1 aromatic rings. The van der Waals surface area contributed by atoms with Crippen molar-refractivity contribution < 1.29 is 28.5 Å². The average Bonchev–Trinajstić information content (AvgIpc) is 3.02. The van der Waals surface area contributed by atoms with Crippen molar-refractivity contribution in [1.82, 2.24) is 10.0 Å². The van der Waals surface area contributed by atoms with E-state index in [0.717, 1.165) is 10.0 Å². The monoisotopic (exact) mass is 409 g/mol. The molecule has 0 spiro atoms. The van der Waals surface area contributed by atoms with E-state index in [0.29, 0.717) is 11.3 Å². The van der Waals surface area contributed by atoms with Gasteiger partial charge < -0.3 is 18.9 Å². The standard InChI is InChI=1S/C18H23N3O6S/c1-6-26-16(22)20-14(12-8-10-13(24-4)11-9-12)19-18(3,15(28)25-5)21(20)17(23)27-7-2/h8-11H,6-7H2,1-5H3. The second-order valence-corrected chi connectivity index (χ2v) is 6.07. The molecule has 0 aromatic heterocycles. The molecule has 0 aliphatic carbocycles. The molecule has 0 N–H and O–H groups in total. The summed E-state index contributed by atoms with van der Waals surface area (Å²) in [7, 11) is 2.91. The molecule has 0 saturated heterocycles. The van der Waals surface area contributed by atoms with Gasteiger partial charge in [0, 0.05) is 5.56 Å². The van der Waals surface area contributed by atoms with Crippen LogP contribution in [0, 0.1) is 0 Å². The number of amides is 2. The molecule has 1 aromatic carbocycles. The van der Waals surface area contributed by atoms with E-state index in [2.05, 4.69) is 4.99 Å². The smallest absolute Gasteiger partial charge is 0.435 e. The van der Waals surface area contributed by atoms with Crippen LogP contribution in [-0.4, -0.2) is 66.2 Å². The van der Waals surface area contributed by atoms with Crippen molar-refractivity contribution in [2.45, 2.75) is 26.4 Å². The fourth-order valence-electron chi connectivity index (χ4n) is 2.64. The van der Waals surface area contributed by atoms with Crippen LogP contribution in [0.3, 0.4) is 0 Å². The summed E-state index contributed by atoms with van der Waals surface area (Å²) in [4.78, 5) is 30.0. The number of methoxy groups -OCH3 is 2. The van der Waals surface area contributed by atoms with Gasteiger partial charge in [-0.25, -0.2) is 14.6 Å². The molecule has 152 valence electrons. The van der Waals surface area contributed by atoms with Gasteiger partial charge in [0.05, 0.1) is 27.4 Å². The summed E-state index contributed by atoms with van der Waals surface area (Å²) in [5.41, 5.74) is -0.941. The van der Waals surface area contributed by atoms with Crippen LogP contribution >= 0.6 is 12.2 Å². The van der Waals surface area contributed by atoms with Crippen molar-refractivity contribution in [3.05, 3.63) is 29.8 Å². The Morgan fingerprint density at radius 1 is 1.07 bits per heavy atom. The van der Waals surface area contributed by atoms with Gasteiger partial charge in [-0.1, -0.05) is 0 Å². The van der Waals surface area contributed by atoms with Crippen LogP contribution in [-0.2, 0) is 14.2 Å². The minimum absolute atomic E-state index is 0.0154. The Kier molecular flexibility index (Phi) is 6.79. The summed E-state index contributed by atoms with van der Waals surface area (Å²) < 4.78 is 20.6. The van der Waals surface area contributed by atoms with E-state index in [1.54, 1.807) is 52.1 Å². The predicted molar refractivity (Wildman–Crippen MR) is 105 cm³/mol. The van der Waals surface area contributed by atoms with Crippen LogP contribution in [0.2, 0.25) is 0 Å². The van der Waals surface area contributed by atoms with Crippen LogP contribution in [0.4, 0.5) is 9.59 Å². The summed E-state index contributed by atoms with van der Waals surface area (Å²) in [6, 6.07) is 6.82. The summed E-state index contributed by atoms with van der Waals surface area (Å²) >= 11 is 5.28. The molecular formula is C18H23N3O6S. The Labute approximate surface area is 168 Å². The number of carbonyl (C=O) groups is 2. The lowest BCUT2D eigenvalue weighted by atomic mass is 10.2. The lowest BCUT2D eigenvalue weighted by molar-refractivity contribution is -0.00482. The molecule has 1 aliphatic heterocycles. The lowest BCUT2D eigenvalue weighted by Gasteiger charge is -2.35. The Hall–Kier alpha value is -2.88. The maximum atomic E-state index is 12.7. The van der Waals surface area contributed by atoms with E-state index in [1.165, 1.54) is 7.11 Å². The van der Waals surface area contributed by atoms with E-state index in [-0.39, 0.29) is 24.1 Å². The molecule has 10 heteroatoms. The van der Waals surface area contributed by atoms with E-state index in [4.69, 9.17) is 31.2 Å². The minimum atomic E-state index is -1.49. The molecule has 1 heterocycles. The first-order valence-corrected chi connectivity index (χ1v) is 9.01. The van der Waals surface area contributed by atoms with Crippen molar-refractivity contribution in [2.75, 3.05) is 27.4 Å². The molecule has 0 fully saturated rings. The van der Waals surface area contributed by atoms with Crippen molar-refractivity contribution in [3.8, 4) is 5.75 Å². The van der Waals surface area contributed by atoms with Gasteiger partial charge in [-0.2, -0.15) is 10.0 Å². The van der Waals surface area contributed by atoms with E-state index in [9.17, 15) is 9.59 Å². The van der Waals surface area contributed by atoms with Crippen LogP contribution in [0.15, 0.2) is 29.3 Å². The Bertz CT molecular complexity index is 782. The summed E-state index contributed by atoms with van der Waals surface area (Å²) in [6.07, 6.45) is -1.61. The van der Waals surface area contributed by atoms with Gasteiger partial charge >= 0.3 is 12.2 Å². The molecule has 0 radical (unpaired) electrons. The van der Waals surface area contributed by atoms with E-state index < -0.39 is 17.8 Å². The van der Waals surface area contributed by atoms with Gasteiger partial charge in [0.1, 0.15) is 5.75 Å². The largest absolute Gasteiger partial charge is 0.497 e. The zero-order chi connectivity index (χ0) is 20.9. The molecule has 1 atom stereocenters. The normalized spacial score (nSPS) is 18.4. The fraction of sp³-hybridized carbons (Fsp3) is 0.444. The van der Waals surface area contributed by atoms with Crippen LogP contribution in [0.1, 0.15) is 26.3 Å². The highest BCUT2D eigenvalue weighted by atomic mass is 32.1. The van der Waals surface area contributed by atoms with Crippen LogP contribution < -0.4 is 4.74 Å². The molecule has 1 aliphatic rings. The maximum Gasteiger partial charge on any atom is 0.435 e. The molecule has 0 bridgehead atoms. The zero-order valence-electron chi connectivity index (χ0n) is 16.4. The molecule has 1 unspecified atom stereocenters. The van der Waals surface area contributed by atoms with Gasteiger partial charge in [0.2, 0.25) is 10.7 Å². The lowest BCUT2D eigenvalue weighted by Crippen LogP contribution is -2.59. The second-order valence-electron chi connectivity index (χ2n) is 5.70. The number of carbonyl (C=O) groups excluding carboxylic acids is 2. The maximum absolute atomic E-state index is 12.7. The first-order chi connectivity index (χ1) is 13.3. The van der Waals surface area contributed by atoms with Gasteiger partial charge in [-0.15, -0.1) is 0 Å². The topological polar surface area (TPSA) is 89.9 Å². The third kappa shape index (κ3) is 3.86. The third-order valence-electron chi connectivity index (χ3n) is 3.94. The zero-order valence-corrected chi connectivity index (χ0v) is 17.2. The molecule has 2 rings (SSSR count). The highest BCUT2D eigenvalue weighted by molar-refractivity contribution is 7.80. The number of amidine groups is 1. The quantitative estimate of drug-likeness (QED) is 0.691. The van der Waals surface area contributed by atoms with Crippen molar-refractivity contribution in [2.24, 2.45) is 4.99 Å².